The van der Waals surface area contributed by atoms with Crippen molar-refractivity contribution in [3.63, 3.8) is 0 Å². The van der Waals surface area contributed by atoms with Crippen LogP contribution < -0.4 is 5.32 Å². The lowest BCUT2D eigenvalue weighted by Gasteiger charge is -2.31. The van der Waals surface area contributed by atoms with E-state index in [4.69, 9.17) is 0 Å². The van der Waals surface area contributed by atoms with E-state index in [1.807, 2.05) is 4.68 Å². The SMILES string of the molecule is CC1CN(Cc2nnnn2C2CC2)CCN1. The highest BCUT2D eigenvalue weighted by molar-refractivity contribution is 4.91. The highest BCUT2D eigenvalue weighted by Crippen LogP contribution is 2.34. The third-order valence-electron chi connectivity index (χ3n) is 3.27. The van der Waals surface area contributed by atoms with Crippen molar-refractivity contribution in [1.82, 2.24) is 30.4 Å². The molecule has 6 nitrogen and oxygen atoms in total. The summed E-state index contributed by atoms with van der Waals surface area (Å²) in [6.07, 6.45) is 2.46. The first-order valence-corrected chi connectivity index (χ1v) is 6.05. The van der Waals surface area contributed by atoms with E-state index in [1.54, 1.807) is 0 Å². The molecule has 1 aliphatic heterocycles. The van der Waals surface area contributed by atoms with Gasteiger partial charge in [0.15, 0.2) is 5.82 Å². The third kappa shape index (κ3) is 2.08. The Hall–Kier alpha value is -1.01. The number of nitrogens with zero attached hydrogens (tertiary/aromatic N) is 5. The van der Waals surface area contributed by atoms with Crippen molar-refractivity contribution in [3.05, 3.63) is 5.82 Å². The molecular formula is C10H18N6. The predicted octanol–water partition coefficient (Wildman–Crippen LogP) is -0.198. The van der Waals surface area contributed by atoms with E-state index >= 15 is 0 Å². The van der Waals surface area contributed by atoms with Crippen molar-refractivity contribution >= 4 is 0 Å². The number of aromatic nitrogens is 4. The van der Waals surface area contributed by atoms with Gasteiger partial charge < -0.3 is 5.32 Å². The fraction of sp³-hybridized carbons (Fsp3) is 0.900. The topological polar surface area (TPSA) is 58.9 Å². The van der Waals surface area contributed by atoms with Crippen molar-refractivity contribution in [2.45, 2.75) is 38.4 Å². The molecule has 1 atom stereocenters. The van der Waals surface area contributed by atoms with Gasteiger partial charge in [0, 0.05) is 25.7 Å². The van der Waals surface area contributed by atoms with E-state index in [9.17, 15) is 0 Å². The fourth-order valence-corrected chi connectivity index (χ4v) is 2.27. The normalized spacial score (nSPS) is 27.2. The van der Waals surface area contributed by atoms with E-state index in [0.29, 0.717) is 12.1 Å². The van der Waals surface area contributed by atoms with Crippen molar-refractivity contribution in [1.29, 1.82) is 0 Å². The minimum Gasteiger partial charge on any atom is -0.312 e. The molecule has 0 bridgehead atoms. The number of hydrogen-bond acceptors (Lipinski definition) is 5. The van der Waals surface area contributed by atoms with Gasteiger partial charge in [-0.3, -0.25) is 4.90 Å². The molecule has 1 N–H and O–H groups in total. The van der Waals surface area contributed by atoms with Crippen molar-refractivity contribution in [2.24, 2.45) is 0 Å². The Labute approximate surface area is 95.0 Å². The molecule has 3 rings (SSSR count). The Bertz CT molecular complexity index is 358. The lowest BCUT2D eigenvalue weighted by atomic mass is 10.2. The van der Waals surface area contributed by atoms with Gasteiger partial charge in [-0.2, -0.15) is 0 Å². The predicted molar refractivity (Wildman–Crippen MR) is 58.8 cm³/mol. The molecule has 16 heavy (non-hydrogen) atoms. The van der Waals surface area contributed by atoms with Crippen LogP contribution in [-0.2, 0) is 6.54 Å². The first-order chi connectivity index (χ1) is 7.83. The Kier molecular flexibility index (Phi) is 2.61. The number of hydrogen-bond donors (Lipinski definition) is 1. The average molecular weight is 222 g/mol. The van der Waals surface area contributed by atoms with Crippen LogP contribution in [0.5, 0.6) is 0 Å². The maximum absolute atomic E-state index is 4.14. The summed E-state index contributed by atoms with van der Waals surface area (Å²) in [7, 11) is 0. The van der Waals surface area contributed by atoms with Gasteiger partial charge in [0.05, 0.1) is 12.6 Å². The molecule has 1 saturated carbocycles. The Morgan fingerprint density at radius 3 is 3.06 bits per heavy atom. The molecule has 2 heterocycles. The molecule has 1 unspecified atom stereocenters. The van der Waals surface area contributed by atoms with Gasteiger partial charge in [-0.05, 0) is 30.2 Å². The van der Waals surface area contributed by atoms with Gasteiger partial charge in [-0.15, -0.1) is 5.10 Å². The lowest BCUT2D eigenvalue weighted by Crippen LogP contribution is -2.48. The Balaban J connectivity index is 1.66. The summed E-state index contributed by atoms with van der Waals surface area (Å²) in [5.74, 6) is 1.02. The Morgan fingerprint density at radius 1 is 1.44 bits per heavy atom. The summed E-state index contributed by atoms with van der Waals surface area (Å²) >= 11 is 0. The number of tetrazole rings is 1. The number of piperazine rings is 1. The molecule has 2 aliphatic rings. The summed E-state index contributed by atoms with van der Waals surface area (Å²) in [5, 5.41) is 15.4. The minimum absolute atomic E-state index is 0.569. The van der Waals surface area contributed by atoms with Crippen LogP contribution in [0, 0.1) is 0 Å². The van der Waals surface area contributed by atoms with Crippen LogP contribution in [0.25, 0.3) is 0 Å². The van der Waals surface area contributed by atoms with Crippen LogP contribution in [0.3, 0.4) is 0 Å². The molecule has 0 radical (unpaired) electrons. The van der Waals surface area contributed by atoms with E-state index in [2.05, 4.69) is 32.7 Å². The van der Waals surface area contributed by atoms with E-state index in [0.717, 1.165) is 32.0 Å². The molecule has 1 saturated heterocycles. The molecule has 88 valence electrons. The molecule has 1 aromatic heterocycles. The van der Waals surface area contributed by atoms with Gasteiger partial charge in [0.1, 0.15) is 0 Å². The van der Waals surface area contributed by atoms with E-state index in [-0.39, 0.29) is 0 Å². The highest BCUT2D eigenvalue weighted by Gasteiger charge is 2.28. The maximum atomic E-state index is 4.14. The molecule has 6 heteroatoms. The highest BCUT2D eigenvalue weighted by atomic mass is 15.6. The van der Waals surface area contributed by atoms with E-state index < -0.39 is 0 Å². The third-order valence-corrected chi connectivity index (χ3v) is 3.27. The van der Waals surface area contributed by atoms with Crippen LogP contribution in [0.15, 0.2) is 0 Å². The van der Waals surface area contributed by atoms with Gasteiger partial charge >= 0.3 is 0 Å². The zero-order valence-corrected chi connectivity index (χ0v) is 9.63. The molecule has 0 spiro atoms. The zero-order chi connectivity index (χ0) is 11.0. The van der Waals surface area contributed by atoms with E-state index in [1.165, 1.54) is 12.8 Å². The summed E-state index contributed by atoms with van der Waals surface area (Å²) in [6, 6.07) is 1.14. The molecule has 1 aliphatic carbocycles. The van der Waals surface area contributed by atoms with Crippen molar-refractivity contribution in [2.75, 3.05) is 19.6 Å². The smallest absolute Gasteiger partial charge is 0.165 e. The molecule has 0 aromatic carbocycles. The largest absolute Gasteiger partial charge is 0.312 e. The van der Waals surface area contributed by atoms with Crippen LogP contribution in [-0.4, -0.2) is 50.8 Å². The first kappa shape index (κ1) is 10.2. The molecule has 0 amide bonds. The Morgan fingerprint density at radius 2 is 2.31 bits per heavy atom. The van der Waals surface area contributed by atoms with Crippen molar-refractivity contribution in [3.8, 4) is 0 Å². The van der Waals surface area contributed by atoms with Crippen LogP contribution in [0.2, 0.25) is 0 Å². The lowest BCUT2D eigenvalue weighted by molar-refractivity contribution is 0.192. The van der Waals surface area contributed by atoms with Crippen molar-refractivity contribution < 1.29 is 0 Å². The average Bonchev–Trinajstić information content (AvgIpc) is 3.00. The standard InChI is InChI=1S/C10H18N6/c1-8-6-15(5-4-11-8)7-10-12-13-14-16(10)9-2-3-9/h8-9,11H,2-7H2,1H3. The number of nitrogens with one attached hydrogen (secondary N) is 1. The molecule has 2 fully saturated rings. The fourth-order valence-electron chi connectivity index (χ4n) is 2.27. The summed E-state index contributed by atoms with van der Waals surface area (Å²) in [4.78, 5) is 2.42. The van der Waals surface area contributed by atoms with Crippen LogP contribution in [0.4, 0.5) is 0 Å². The quantitative estimate of drug-likeness (QED) is 0.767. The van der Waals surface area contributed by atoms with Crippen LogP contribution in [0.1, 0.15) is 31.6 Å². The van der Waals surface area contributed by atoms with Gasteiger partial charge in [0.2, 0.25) is 0 Å². The monoisotopic (exact) mass is 222 g/mol. The van der Waals surface area contributed by atoms with Gasteiger partial charge in [0.25, 0.3) is 0 Å². The zero-order valence-electron chi connectivity index (χ0n) is 9.63. The van der Waals surface area contributed by atoms with Crippen LogP contribution >= 0.6 is 0 Å². The summed E-state index contributed by atoms with van der Waals surface area (Å²) in [6.45, 7) is 6.33. The van der Waals surface area contributed by atoms with Gasteiger partial charge in [-0.25, -0.2) is 4.68 Å². The minimum atomic E-state index is 0.569. The first-order valence-electron chi connectivity index (χ1n) is 6.05. The van der Waals surface area contributed by atoms with Gasteiger partial charge in [-0.1, -0.05) is 0 Å². The number of rotatable bonds is 3. The summed E-state index contributed by atoms with van der Waals surface area (Å²) < 4.78 is 2.01. The second-order valence-corrected chi connectivity index (χ2v) is 4.86. The molecular weight excluding hydrogens is 204 g/mol. The maximum Gasteiger partial charge on any atom is 0.165 e. The second-order valence-electron chi connectivity index (χ2n) is 4.86. The second kappa shape index (κ2) is 4.10. The molecule has 1 aromatic rings. The summed E-state index contributed by atoms with van der Waals surface area (Å²) in [5.41, 5.74) is 0.